The Bertz CT molecular complexity index is 949. The summed E-state index contributed by atoms with van der Waals surface area (Å²) in [5.74, 6) is -0.644. The van der Waals surface area contributed by atoms with Crippen molar-refractivity contribution < 1.29 is 9.59 Å². The largest absolute Gasteiger partial charge is 0.288 e. The van der Waals surface area contributed by atoms with E-state index >= 15 is 0 Å². The molecule has 1 unspecified atom stereocenters. The van der Waals surface area contributed by atoms with E-state index in [1.54, 1.807) is 6.07 Å². The highest BCUT2D eigenvalue weighted by atomic mass is 32.2. The van der Waals surface area contributed by atoms with E-state index in [0.717, 1.165) is 21.4 Å². The highest BCUT2D eigenvalue weighted by Crippen LogP contribution is 2.36. The molecule has 0 radical (unpaired) electrons. The van der Waals surface area contributed by atoms with Gasteiger partial charge < -0.3 is 0 Å². The van der Waals surface area contributed by atoms with Crippen LogP contribution in [0, 0.1) is 0 Å². The molecular weight excluding hydrogens is 334 g/mol. The zero-order valence-electron chi connectivity index (χ0n) is 13.2. The minimum absolute atomic E-state index is 0.213. The van der Waals surface area contributed by atoms with Crippen LogP contribution in [0.15, 0.2) is 65.6 Å². The number of thioether (sulfide) groups is 1. The van der Waals surface area contributed by atoms with Crippen molar-refractivity contribution in [3.05, 3.63) is 71.9 Å². The molecule has 0 aliphatic carbocycles. The molecule has 2 heterocycles. The van der Waals surface area contributed by atoms with Crippen LogP contribution in [0.4, 0.5) is 0 Å². The van der Waals surface area contributed by atoms with Crippen LogP contribution in [-0.2, 0) is 11.2 Å². The third-order valence-corrected chi connectivity index (χ3v) is 5.39. The normalized spacial score (nSPS) is 15.6. The first-order valence-electron chi connectivity index (χ1n) is 7.91. The van der Waals surface area contributed by atoms with Gasteiger partial charge in [-0.2, -0.15) is 0 Å². The van der Waals surface area contributed by atoms with Gasteiger partial charge in [-0.05, 0) is 30.2 Å². The summed E-state index contributed by atoms with van der Waals surface area (Å²) in [5.41, 5.74) is 7.13. The summed E-state index contributed by atoms with van der Waals surface area (Å²) < 4.78 is 0. The molecule has 0 fully saturated rings. The number of fused-ring (bicyclic) bond motifs is 2. The van der Waals surface area contributed by atoms with E-state index < -0.39 is 5.91 Å². The van der Waals surface area contributed by atoms with Crippen molar-refractivity contribution in [2.45, 2.75) is 16.6 Å². The third kappa shape index (κ3) is 3.21. The van der Waals surface area contributed by atoms with Gasteiger partial charge in [-0.25, -0.2) is 4.98 Å². The summed E-state index contributed by atoms with van der Waals surface area (Å²) in [5, 5.41) is 0.727. The SMILES string of the molecule is O=C(NNC(=O)C1Cc2ccccc2S1)c1ccc2ccccc2n1. The highest BCUT2D eigenvalue weighted by Gasteiger charge is 2.28. The second-order valence-corrected chi connectivity index (χ2v) is 7.00. The first kappa shape index (κ1) is 15.7. The Kier molecular flexibility index (Phi) is 4.11. The molecule has 2 N–H and O–H groups in total. The molecule has 6 heteroatoms. The first-order valence-corrected chi connectivity index (χ1v) is 8.79. The van der Waals surface area contributed by atoms with E-state index in [0.29, 0.717) is 6.42 Å². The number of carbonyl (C=O) groups excluding carboxylic acids is 2. The molecule has 1 aliphatic heterocycles. The maximum atomic E-state index is 12.3. The number of rotatable bonds is 2. The lowest BCUT2D eigenvalue weighted by molar-refractivity contribution is -0.121. The second kappa shape index (κ2) is 6.57. The number of pyridine rings is 1. The average molecular weight is 349 g/mol. The maximum absolute atomic E-state index is 12.3. The average Bonchev–Trinajstić information content (AvgIpc) is 3.09. The monoisotopic (exact) mass is 349 g/mol. The van der Waals surface area contributed by atoms with Crippen LogP contribution < -0.4 is 10.9 Å². The Morgan fingerprint density at radius 3 is 2.64 bits per heavy atom. The number of benzene rings is 2. The summed E-state index contributed by atoms with van der Waals surface area (Å²) in [4.78, 5) is 30.0. The highest BCUT2D eigenvalue weighted by molar-refractivity contribution is 8.01. The summed E-state index contributed by atoms with van der Waals surface area (Å²) >= 11 is 1.51. The molecule has 2 amide bonds. The summed E-state index contributed by atoms with van der Waals surface area (Å²) in [6.07, 6.45) is 0.663. The number of amides is 2. The number of carbonyl (C=O) groups is 2. The van der Waals surface area contributed by atoms with Crippen molar-refractivity contribution in [3.63, 3.8) is 0 Å². The molecule has 25 heavy (non-hydrogen) atoms. The van der Waals surface area contributed by atoms with Crippen LogP contribution in [0.1, 0.15) is 16.1 Å². The van der Waals surface area contributed by atoms with Crippen LogP contribution in [-0.4, -0.2) is 22.0 Å². The Morgan fingerprint density at radius 2 is 1.76 bits per heavy atom. The lowest BCUT2D eigenvalue weighted by Gasteiger charge is -2.11. The first-order chi connectivity index (χ1) is 12.2. The van der Waals surface area contributed by atoms with Crippen molar-refractivity contribution >= 4 is 34.5 Å². The molecule has 1 aliphatic rings. The van der Waals surface area contributed by atoms with Crippen LogP contribution in [0.3, 0.4) is 0 Å². The van der Waals surface area contributed by atoms with Gasteiger partial charge in [0.15, 0.2) is 0 Å². The van der Waals surface area contributed by atoms with Gasteiger partial charge in [-0.15, -0.1) is 11.8 Å². The smallest absolute Gasteiger partial charge is 0.272 e. The van der Waals surface area contributed by atoms with Gasteiger partial charge >= 0.3 is 0 Å². The van der Waals surface area contributed by atoms with E-state index in [1.807, 2.05) is 54.6 Å². The fraction of sp³-hybridized carbons (Fsp3) is 0.105. The fourth-order valence-corrected chi connectivity index (χ4v) is 3.98. The van der Waals surface area contributed by atoms with E-state index in [2.05, 4.69) is 15.8 Å². The standard InChI is InChI=1S/C19H15N3O2S/c23-18(15-10-9-12-5-1-3-7-14(12)20-15)21-22-19(24)17-11-13-6-2-4-8-16(13)25-17/h1-10,17H,11H2,(H,21,23)(H,22,24). The predicted molar refractivity (Wildman–Crippen MR) is 97.1 cm³/mol. The van der Waals surface area contributed by atoms with Crippen molar-refractivity contribution in [2.24, 2.45) is 0 Å². The molecule has 0 bridgehead atoms. The zero-order chi connectivity index (χ0) is 17.2. The third-order valence-electron chi connectivity index (χ3n) is 4.07. The van der Waals surface area contributed by atoms with Gasteiger partial charge in [-0.1, -0.05) is 42.5 Å². The van der Waals surface area contributed by atoms with Gasteiger partial charge in [0.25, 0.3) is 11.8 Å². The Balaban J connectivity index is 1.39. The Morgan fingerprint density at radius 1 is 0.960 bits per heavy atom. The molecule has 5 nitrogen and oxygen atoms in total. The number of nitrogens with zero attached hydrogens (tertiary/aromatic N) is 1. The molecule has 1 atom stereocenters. The number of para-hydroxylation sites is 1. The molecule has 0 saturated carbocycles. The number of aromatic nitrogens is 1. The maximum Gasteiger partial charge on any atom is 0.288 e. The van der Waals surface area contributed by atoms with E-state index in [4.69, 9.17) is 0 Å². The van der Waals surface area contributed by atoms with Crippen LogP contribution in [0.5, 0.6) is 0 Å². The number of nitrogens with one attached hydrogen (secondary N) is 2. The lowest BCUT2D eigenvalue weighted by Crippen LogP contribution is -2.45. The summed E-state index contributed by atoms with van der Waals surface area (Å²) in [6, 6.07) is 19.0. The molecule has 4 rings (SSSR count). The van der Waals surface area contributed by atoms with Gasteiger partial charge in [-0.3, -0.25) is 20.4 Å². The van der Waals surface area contributed by atoms with Crippen LogP contribution in [0.2, 0.25) is 0 Å². The van der Waals surface area contributed by atoms with Crippen molar-refractivity contribution in [3.8, 4) is 0 Å². The van der Waals surface area contributed by atoms with Gasteiger partial charge in [0, 0.05) is 10.3 Å². The molecule has 124 valence electrons. The minimum Gasteiger partial charge on any atom is -0.272 e. The van der Waals surface area contributed by atoms with E-state index in [1.165, 1.54) is 11.8 Å². The second-order valence-electron chi connectivity index (χ2n) is 5.75. The minimum atomic E-state index is -0.431. The number of hydrogen-bond donors (Lipinski definition) is 2. The summed E-state index contributed by atoms with van der Waals surface area (Å²) in [7, 11) is 0. The van der Waals surface area contributed by atoms with Crippen molar-refractivity contribution in [2.75, 3.05) is 0 Å². The predicted octanol–water partition coefficient (Wildman–Crippen LogP) is 2.71. The topological polar surface area (TPSA) is 71.1 Å². The van der Waals surface area contributed by atoms with Crippen molar-refractivity contribution in [1.29, 1.82) is 0 Å². The molecule has 3 aromatic rings. The molecule has 0 spiro atoms. The van der Waals surface area contributed by atoms with Gasteiger partial charge in [0.05, 0.1) is 10.8 Å². The van der Waals surface area contributed by atoms with Crippen LogP contribution >= 0.6 is 11.8 Å². The molecule has 0 saturated heterocycles. The molecule has 2 aromatic carbocycles. The quantitative estimate of drug-likeness (QED) is 0.698. The molecule has 1 aromatic heterocycles. The van der Waals surface area contributed by atoms with Crippen LogP contribution in [0.25, 0.3) is 10.9 Å². The van der Waals surface area contributed by atoms with Gasteiger partial charge in [0.2, 0.25) is 0 Å². The van der Waals surface area contributed by atoms with E-state index in [9.17, 15) is 9.59 Å². The summed E-state index contributed by atoms with van der Waals surface area (Å²) in [6.45, 7) is 0. The van der Waals surface area contributed by atoms with Crippen molar-refractivity contribution in [1.82, 2.24) is 15.8 Å². The number of hydrogen-bond acceptors (Lipinski definition) is 4. The zero-order valence-corrected chi connectivity index (χ0v) is 14.0. The van der Waals surface area contributed by atoms with Gasteiger partial charge in [0.1, 0.15) is 5.69 Å². The molecular formula is C19H15N3O2S. The Hall–Kier alpha value is -2.86. The van der Waals surface area contributed by atoms with E-state index in [-0.39, 0.29) is 16.9 Å². The fourth-order valence-electron chi connectivity index (χ4n) is 2.78. The number of hydrazine groups is 1. The Labute approximate surface area is 148 Å². The lowest BCUT2D eigenvalue weighted by atomic mass is 10.1.